The number of carbonyl (C=O) groups excluding carboxylic acids is 1. The summed E-state index contributed by atoms with van der Waals surface area (Å²) in [4.78, 5) is 14.8. The molecule has 5 nitrogen and oxygen atoms in total. The second-order valence-corrected chi connectivity index (χ2v) is 7.19. The van der Waals surface area contributed by atoms with Gasteiger partial charge in [0, 0.05) is 13.1 Å². The molecular formula is C19H23FN4O. The smallest absolute Gasteiger partial charge is 0.227 e. The molecular weight excluding hydrogens is 319 g/mol. The highest BCUT2D eigenvalue weighted by molar-refractivity contribution is 5.79. The summed E-state index contributed by atoms with van der Waals surface area (Å²) in [6, 6.07) is 6.18. The second-order valence-electron chi connectivity index (χ2n) is 7.19. The highest BCUT2D eigenvalue weighted by Gasteiger charge is 2.32. The number of carbonyl (C=O) groups is 1. The van der Waals surface area contributed by atoms with Gasteiger partial charge in [0.15, 0.2) is 5.82 Å². The first-order valence-corrected chi connectivity index (χ1v) is 9.12. The van der Waals surface area contributed by atoms with Crippen molar-refractivity contribution in [3.63, 3.8) is 0 Å². The number of aromatic nitrogens is 3. The standard InChI is InChI=1S/C19H23FN4O/c20-16-8-6-14(7-9-16)11-18(25)24-10-2-1-3-17(24)19-22-21-13-23(19)12-15-4-5-15/h6-9,13,15,17H,1-5,10-12H2. The fraction of sp³-hybridized carbons (Fsp3) is 0.526. The monoisotopic (exact) mass is 342 g/mol. The molecule has 4 rings (SSSR count). The molecule has 1 amide bonds. The van der Waals surface area contributed by atoms with Crippen LogP contribution in [0.5, 0.6) is 0 Å². The molecule has 6 heteroatoms. The van der Waals surface area contributed by atoms with Crippen LogP contribution in [0.25, 0.3) is 0 Å². The van der Waals surface area contributed by atoms with E-state index in [4.69, 9.17) is 0 Å². The summed E-state index contributed by atoms with van der Waals surface area (Å²) < 4.78 is 15.2. The number of benzene rings is 1. The largest absolute Gasteiger partial charge is 0.332 e. The van der Waals surface area contributed by atoms with Crippen LogP contribution < -0.4 is 0 Å². The maximum atomic E-state index is 13.1. The molecule has 1 aromatic heterocycles. The van der Waals surface area contributed by atoms with E-state index in [2.05, 4.69) is 14.8 Å². The number of piperidine rings is 1. The molecule has 1 saturated heterocycles. The highest BCUT2D eigenvalue weighted by atomic mass is 19.1. The summed E-state index contributed by atoms with van der Waals surface area (Å²) in [5, 5.41) is 8.44. The Balaban J connectivity index is 1.51. The zero-order valence-electron chi connectivity index (χ0n) is 14.3. The molecule has 2 fully saturated rings. The molecule has 2 aliphatic rings. The molecule has 0 bridgehead atoms. The normalized spacial score (nSPS) is 20.7. The number of amides is 1. The molecule has 2 heterocycles. The van der Waals surface area contributed by atoms with Gasteiger partial charge in [-0.05, 0) is 55.7 Å². The topological polar surface area (TPSA) is 51.0 Å². The van der Waals surface area contributed by atoms with E-state index in [1.165, 1.54) is 25.0 Å². The van der Waals surface area contributed by atoms with Gasteiger partial charge in [-0.1, -0.05) is 12.1 Å². The summed E-state index contributed by atoms with van der Waals surface area (Å²) in [6.07, 6.45) is 7.69. The van der Waals surface area contributed by atoms with E-state index in [1.807, 2.05) is 4.90 Å². The minimum atomic E-state index is -0.278. The van der Waals surface area contributed by atoms with Crippen molar-refractivity contribution in [3.05, 3.63) is 47.8 Å². The van der Waals surface area contributed by atoms with Gasteiger partial charge in [0.05, 0.1) is 12.5 Å². The minimum Gasteiger partial charge on any atom is -0.332 e. The molecule has 25 heavy (non-hydrogen) atoms. The first-order chi connectivity index (χ1) is 12.2. The third kappa shape index (κ3) is 3.72. The summed E-state index contributed by atoms with van der Waals surface area (Å²) in [5.41, 5.74) is 0.843. The highest BCUT2D eigenvalue weighted by Crippen LogP contribution is 2.34. The van der Waals surface area contributed by atoms with Crippen LogP contribution in [0, 0.1) is 11.7 Å². The Morgan fingerprint density at radius 1 is 1.16 bits per heavy atom. The van der Waals surface area contributed by atoms with Crippen molar-refractivity contribution in [2.45, 2.75) is 51.1 Å². The van der Waals surface area contributed by atoms with E-state index in [-0.39, 0.29) is 17.8 Å². The van der Waals surface area contributed by atoms with E-state index in [0.29, 0.717) is 6.42 Å². The van der Waals surface area contributed by atoms with Crippen molar-refractivity contribution >= 4 is 5.91 Å². The maximum Gasteiger partial charge on any atom is 0.227 e. The van der Waals surface area contributed by atoms with Gasteiger partial charge < -0.3 is 9.47 Å². The molecule has 1 atom stereocenters. The number of hydrogen-bond donors (Lipinski definition) is 0. The predicted octanol–water partition coefficient (Wildman–Crippen LogP) is 3.12. The van der Waals surface area contributed by atoms with E-state index in [0.717, 1.165) is 49.7 Å². The lowest BCUT2D eigenvalue weighted by atomic mass is 10.00. The predicted molar refractivity (Wildman–Crippen MR) is 91.2 cm³/mol. The van der Waals surface area contributed by atoms with Gasteiger partial charge >= 0.3 is 0 Å². The zero-order chi connectivity index (χ0) is 17.2. The summed E-state index contributed by atoms with van der Waals surface area (Å²) in [5.74, 6) is 1.46. The number of rotatable bonds is 5. The number of hydrogen-bond acceptors (Lipinski definition) is 3. The molecule has 1 saturated carbocycles. The first-order valence-electron chi connectivity index (χ1n) is 9.12. The van der Waals surface area contributed by atoms with E-state index in [9.17, 15) is 9.18 Å². The Kier molecular flexibility index (Phi) is 4.51. The van der Waals surface area contributed by atoms with Gasteiger partial charge in [0.2, 0.25) is 5.91 Å². The van der Waals surface area contributed by atoms with Crippen LogP contribution in [0.4, 0.5) is 4.39 Å². The van der Waals surface area contributed by atoms with Crippen molar-refractivity contribution in [2.24, 2.45) is 5.92 Å². The third-order valence-electron chi connectivity index (χ3n) is 5.19. The second kappa shape index (κ2) is 6.94. The fourth-order valence-corrected chi connectivity index (χ4v) is 3.62. The average molecular weight is 342 g/mol. The molecule has 2 aromatic rings. The van der Waals surface area contributed by atoms with Crippen LogP contribution in [-0.2, 0) is 17.8 Å². The molecule has 1 unspecified atom stereocenters. The Labute approximate surface area is 146 Å². The van der Waals surface area contributed by atoms with Gasteiger partial charge in [-0.15, -0.1) is 10.2 Å². The molecule has 0 spiro atoms. The average Bonchev–Trinajstić information content (AvgIpc) is 3.32. The third-order valence-corrected chi connectivity index (χ3v) is 5.19. The van der Waals surface area contributed by atoms with Crippen molar-refractivity contribution in [1.82, 2.24) is 19.7 Å². The van der Waals surface area contributed by atoms with Gasteiger partial charge in [-0.2, -0.15) is 0 Å². The zero-order valence-corrected chi connectivity index (χ0v) is 14.3. The first kappa shape index (κ1) is 16.2. The summed E-state index contributed by atoms with van der Waals surface area (Å²) >= 11 is 0. The van der Waals surface area contributed by atoms with Crippen LogP contribution in [0.15, 0.2) is 30.6 Å². The summed E-state index contributed by atoms with van der Waals surface area (Å²) in [7, 11) is 0. The molecule has 132 valence electrons. The lowest BCUT2D eigenvalue weighted by molar-refractivity contribution is -0.134. The molecule has 1 aliphatic carbocycles. The van der Waals surface area contributed by atoms with Crippen molar-refractivity contribution in [1.29, 1.82) is 0 Å². The maximum absolute atomic E-state index is 13.1. The quantitative estimate of drug-likeness (QED) is 0.839. The fourth-order valence-electron chi connectivity index (χ4n) is 3.62. The number of nitrogens with zero attached hydrogens (tertiary/aromatic N) is 4. The SMILES string of the molecule is O=C(Cc1ccc(F)cc1)N1CCCCC1c1nncn1CC1CC1. The van der Waals surface area contributed by atoms with Crippen LogP contribution in [-0.4, -0.2) is 32.1 Å². The van der Waals surface area contributed by atoms with Gasteiger partial charge in [0.25, 0.3) is 0 Å². The van der Waals surface area contributed by atoms with Gasteiger partial charge in [0.1, 0.15) is 12.1 Å². The van der Waals surface area contributed by atoms with E-state index in [1.54, 1.807) is 18.5 Å². The Morgan fingerprint density at radius 2 is 1.96 bits per heavy atom. The Bertz CT molecular complexity index is 738. The van der Waals surface area contributed by atoms with Gasteiger partial charge in [-0.25, -0.2) is 4.39 Å². The number of likely N-dealkylation sites (tertiary alicyclic amines) is 1. The van der Waals surface area contributed by atoms with Gasteiger partial charge in [-0.3, -0.25) is 4.79 Å². The lowest BCUT2D eigenvalue weighted by Crippen LogP contribution is -2.40. The molecule has 0 radical (unpaired) electrons. The van der Waals surface area contributed by atoms with Crippen LogP contribution in [0.3, 0.4) is 0 Å². The Hall–Kier alpha value is -2.24. The van der Waals surface area contributed by atoms with Crippen molar-refractivity contribution in [2.75, 3.05) is 6.54 Å². The molecule has 1 aromatic carbocycles. The minimum absolute atomic E-state index is 0.00273. The number of halogens is 1. The summed E-state index contributed by atoms with van der Waals surface area (Å²) in [6.45, 7) is 1.71. The van der Waals surface area contributed by atoms with Crippen molar-refractivity contribution < 1.29 is 9.18 Å². The van der Waals surface area contributed by atoms with E-state index >= 15 is 0 Å². The van der Waals surface area contributed by atoms with Crippen LogP contribution in [0.2, 0.25) is 0 Å². The van der Waals surface area contributed by atoms with E-state index < -0.39 is 0 Å². The Morgan fingerprint density at radius 3 is 2.72 bits per heavy atom. The van der Waals surface area contributed by atoms with Crippen LogP contribution >= 0.6 is 0 Å². The molecule has 0 N–H and O–H groups in total. The van der Waals surface area contributed by atoms with Crippen molar-refractivity contribution in [3.8, 4) is 0 Å². The lowest BCUT2D eigenvalue weighted by Gasteiger charge is -2.35. The van der Waals surface area contributed by atoms with Crippen LogP contribution in [0.1, 0.15) is 49.5 Å². The molecule has 1 aliphatic heterocycles.